The molecule has 1 atom stereocenters. The van der Waals surface area contributed by atoms with Gasteiger partial charge in [0.15, 0.2) is 0 Å². The molecular weight excluding hydrogens is 300 g/mol. The van der Waals surface area contributed by atoms with Crippen LogP contribution in [0.3, 0.4) is 0 Å². The largest absolute Gasteiger partial charge is 0.334 e. The molecule has 0 N–H and O–H groups in total. The number of aromatic nitrogens is 2. The van der Waals surface area contributed by atoms with E-state index in [1.807, 2.05) is 54.1 Å². The standard InChI is InChI=1S/C14H18N2.C2H6S.2C2H6/c1-4-11(2)12-7-5-6-8-13(12)14-15-9-10-16(14)3;1-2-3;2*1-2/h5-11H,4H2,1-3H3;3H,2H2,1H3;2*1-2H3. The molecule has 3 heteroatoms. The van der Waals surface area contributed by atoms with Gasteiger partial charge >= 0.3 is 0 Å². The van der Waals surface area contributed by atoms with Crippen LogP contribution in [-0.4, -0.2) is 15.3 Å². The van der Waals surface area contributed by atoms with Crippen LogP contribution in [0.15, 0.2) is 36.7 Å². The number of thiol groups is 1. The highest BCUT2D eigenvalue weighted by Gasteiger charge is 2.12. The van der Waals surface area contributed by atoms with Crippen molar-refractivity contribution in [1.29, 1.82) is 0 Å². The minimum atomic E-state index is 0.577. The van der Waals surface area contributed by atoms with Crippen molar-refractivity contribution in [3.8, 4) is 11.4 Å². The van der Waals surface area contributed by atoms with Crippen molar-refractivity contribution in [1.82, 2.24) is 9.55 Å². The average molecular weight is 337 g/mol. The lowest BCUT2D eigenvalue weighted by Crippen LogP contribution is -1.99. The Morgan fingerprint density at radius 2 is 1.61 bits per heavy atom. The lowest BCUT2D eigenvalue weighted by atomic mass is 9.93. The zero-order chi connectivity index (χ0) is 18.3. The molecule has 0 aliphatic rings. The van der Waals surface area contributed by atoms with Gasteiger partial charge in [0.05, 0.1) is 0 Å². The lowest BCUT2D eigenvalue weighted by molar-refractivity contribution is 0.733. The van der Waals surface area contributed by atoms with E-state index >= 15 is 0 Å². The summed E-state index contributed by atoms with van der Waals surface area (Å²) in [5.74, 6) is 2.57. The molecule has 0 saturated heterocycles. The van der Waals surface area contributed by atoms with Crippen molar-refractivity contribution in [3.63, 3.8) is 0 Å². The lowest BCUT2D eigenvalue weighted by Gasteiger charge is -2.14. The van der Waals surface area contributed by atoms with Crippen molar-refractivity contribution in [2.45, 2.75) is 60.8 Å². The number of hydrogen-bond acceptors (Lipinski definition) is 2. The zero-order valence-electron chi connectivity index (χ0n) is 16.3. The Morgan fingerprint density at radius 1 is 1.09 bits per heavy atom. The highest BCUT2D eigenvalue weighted by Crippen LogP contribution is 2.29. The van der Waals surface area contributed by atoms with Crippen LogP contribution in [0.1, 0.15) is 66.4 Å². The van der Waals surface area contributed by atoms with E-state index in [1.54, 1.807) is 0 Å². The van der Waals surface area contributed by atoms with Gasteiger partial charge in [-0.25, -0.2) is 4.98 Å². The molecule has 1 unspecified atom stereocenters. The second kappa shape index (κ2) is 15.7. The van der Waals surface area contributed by atoms with E-state index in [1.165, 1.54) is 11.1 Å². The normalized spacial score (nSPS) is 10.1. The number of nitrogens with zero attached hydrogens (tertiary/aromatic N) is 2. The van der Waals surface area contributed by atoms with Crippen LogP contribution in [0.4, 0.5) is 0 Å². The Morgan fingerprint density at radius 3 is 2.04 bits per heavy atom. The molecule has 0 spiro atoms. The zero-order valence-corrected chi connectivity index (χ0v) is 17.2. The first-order valence-electron chi connectivity index (χ1n) is 8.83. The Hall–Kier alpha value is -1.22. The molecule has 0 radical (unpaired) electrons. The highest BCUT2D eigenvalue weighted by atomic mass is 32.1. The van der Waals surface area contributed by atoms with Gasteiger partial charge in [-0.1, -0.05) is 72.7 Å². The van der Waals surface area contributed by atoms with Crippen LogP contribution in [0.5, 0.6) is 0 Å². The molecule has 0 aliphatic carbocycles. The summed E-state index contributed by atoms with van der Waals surface area (Å²) in [4.78, 5) is 4.43. The van der Waals surface area contributed by atoms with Gasteiger partial charge in [-0.15, -0.1) is 0 Å². The fourth-order valence-corrected chi connectivity index (χ4v) is 1.98. The third-order valence-electron chi connectivity index (χ3n) is 3.17. The maximum atomic E-state index is 4.43. The van der Waals surface area contributed by atoms with Crippen molar-refractivity contribution in [2.75, 3.05) is 5.75 Å². The molecule has 132 valence electrons. The maximum Gasteiger partial charge on any atom is 0.139 e. The van der Waals surface area contributed by atoms with Gasteiger partial charge in [0.25, 0.3) is 0 Å². The third-order valence-corrected chi connectivity index (χ3v) is 3.17. The van der Waals surface area contributed by atoms with Crippen LogP contribution < -0.4 is 0 Å². The first kappa shape index (κ1) is 24.0. The molecule has 23 heavy (non-hydrogen) atoms. The molecule has 0 aliphatic heterocycles. The minimum Gasteiger partial charge on any atom is -0.334 e. The minimum absolute atomic E-state index is 0.577. The van der Waals surface area contributed by atoms with E-state index in [-0.39, 0.29) is 0 Å². The summed E-state index contributed by atoms with van der Waals surface area (Å²) >= 11 is 3.79. The van der Waals surface area contributed by atoms with Gasteiger partial charge in [0, 0.05) is 25.0 Å². The summed E-state index contributed by atoms with van der Waals surface area (Å²) in [6, 6.07) is 8.55. The number of imidazole rings is 1. The summed E-state index contributed by atoms with van der Waals surface area (Å²) in [7, 11) is 2.04. The number of rotatable bonds is 3. The number of benzene rings is 1. The van der Waals surface area contributed by atoms with Crippen LogP contribution in [0, 0.1) is 0 Å². The molecule has 1 heterocycles. The van der Waals surface area contributed by atoms with E-state index < -0.39 is 0 Å². The Kier molecular flexibility index (Phi) is 16.4. The fraction of sp³-hybridized carbons (Fsp3) is 0.550. The molecule has 2 aromatic rings. The topological polar surface area (TPSA) is 17.8 Å². The molecule has 0 saturated carbocycles. The molecule has 1 aromatic heterocycles. The summed E-state index contributed by atoms with van der Waals surface area (Å²) in [6.07, 6.45) is 4.99. The molecular formula is C20H36N2S. The Labute approximate surface area is 149 Å². The second-order valence-corrected chi connectivity index (χ2v) is 5.21. The predicted octanol–water partition coefficient (Wildman–Crippen LogP) is 6.59. The first-order chi connectivity index (χ1) is 11.2. The van der Waals surface area contributed by atoms with Crippen molar-refractivity contribution < 1.29 is 0 Å². The third kappa shape index (κ3) is 8.26. The van der Waals surface area contributed by atoms with Crippen LogP contribution in [-0.2, 0) is 7.05 Å². The van der Waals surface area contributed by atoms with Gasteiger partial charge < -0.3 is 4.57 Å². The van der Waals surface area contributed by atoms with Gasteiger partial charge in [-0.05, 0) is 23.7 Å². The van der Waals surface area contributed by atoms with E-state index in [0.717, 1.165) is 18.0 Å². The van der Waals surface area contributed by atoms with Gasteiger partial charge in [0.1, 0.15) is 5.82 Å². The maximum absolute atomic E-state index is 4.43. The highest BCUT2D eigenvalue weighted by molar-refractivity contribution is 7.80. The first-order valence-corrected chi connectivity index (χ1v) is 9.46. The van der Waals surface area contributed by atoms with E-state index in [9.17, 15) is 0 Å². The molecule has 2 nitrogen and oxygen atoms in total. The van der Waals surface area contributed by atoms with Crippen LogP contribution in [0.25, 0.3) is 11.4 Å². The molecule has 1 aromatic carbocycles. The Balaban J connectivity index is 0. The predicted molar refractivity (Wildman–Crippen MR) is 110 cm³/mol. The summed E-state index contributed by atoms with van der Waals surface area (Å²) < 4.78 is 2.07. The van der Waals surface area contributed by atoms with Gasteiger partial charge in [0.2, 0.25) is 0 Å². The van der Waals surface area contributed by atoms with Crippen molar-refractivity contribution in [3.05, 3.63) is 42.2 Å². The molecule has 2 rings (SSSR count). The monoisotopic (exact) mass is 336 g/mol. The van der Waals surface area contributed by atoms with Crippen LogP contribution >= 0.6 is 12.6 Å². The van der Waals surface area contributed by atoms with Gasteiger partial charge in [-0.3, -0.25) is 0 Å². The van der Waals surface area contributed by atoms with E-state index in [0.29, 0.717) is 5.92 Å². The second-order valence-electron chi connectivity index (χ2n) is 4.57. The molecule has 0 fully saturated rings. The fourth-order valence-electron chi connectivity index (χ4n) is 1.98. The average Bonchev–Trinajstić information content (AvgIpc) is 3.04. The van der Waals surface area contributed by atoms with E-state index in [4.69, 9.17) is 0 Å². The summed E-state index contributed by atoms with van der Waals surface area (Å²) in [6.45, 7) is 14.5. The van der Waals surface area contributed by atoms with Crippen molar-refractivity contribution in [2.24, 2.45) is 7.05 Å². The molecule has 0 amide bonds. The number of hydrogen-bond donors (Lipinski definition) is 1. The van der Waals surface area contributed by atoms with Crippen LogP contribution in [0.2, 0.25) is 0 Å². The summed E-state index contributed by atoms with van der Waals surface area (Å²) in [5, 5.41) is 0. The Bertz CT molecular complexity index is 492. The smallest absolute Gasteiger partial charge is 0.139 e. The van der Waals surface area contributed by atoms with Crippen molar-refractivity contribution >= 4 is 12.6 Å². The quantitative estimate of drug-likeness (QED) is 0.626. The SMILES string of the molecule is CC.CC.CCC(C)c1ccccc1-c1nccn1C.CCS. The molecule has 0 bridgehead atoms. The summed E-state index contributed by atoms with van der Waals surface area (Å²) in [5.41, 5.74) is 2.64. The number of aryl methyl sites for hydroxylation is 1. The van der Waals surface area contributed by atoms with E-state index in [2.05, 4.69) is 60.3 Å². The van der Waals surface area contributed by atoms with Gasteiger partial charge in [-0.2, -0.15) is 12.6 Å².